The molecule has 0 aliphatic rings. The van der Waals surface area contributed by atoms with Crippen molar-refractivity contribution in [2.75, 3.05) is 0 Å². The summed E-state index contributed by atoms with van der Waals surface area (Å²) in [6, 6.07) is 4.07. The van der Waals surface area contributed by atoms with Crippen molar-refractivity contribution in [2.45, 2.75) is 0 Å². The smallest absolute Gasteiger partial charge is 0.349 e. The minimum atomic E-state index is -0.702. The summed E-state index contributed by atoms with van der Waals surface area (Å²) in [5.41, 5.74) is -0.431. The molecule has 8 heteroatoms. The van der Waals surface area contributed by atoms with Crippen LogP contribution in [0.15, 0.2) is 35.2 Å². The zero-order valence-electron chi connectivity index (χ0n) is 8.71. The molecule has 0 unspecified atom stereocenters. The number of halogens is 2. The van der Waals surface area contributed by atoms with E-state index >= 15 is 0 Å². The first-order valence-corrected chi connectivity index (χ1v) is 5.44. The van der Waals surface area contributed by atoms with Gasteiger partial charge < -0.3 is 4.74 Å². The molecule has 6 nitrogen and oxygen atoms in total. The van der Waals surface area contributed by atoms with Gasteiger partial charge in [-0.15, -0.1) is 0 Å². The van der Waals surface area contributed by atoms with Crippen molar-refractivity contribution in [1.29, 1.82) is 0 Å². The van der Waals surface area contributed by atoms with Gasteiger partial charge in [-0.25, -0.2) is 9.37 Å². The number of benzene rings is 1. The second-order valence-electron chi connectivity index (χ2n) is 3.15. The second kappa shape index (κ2) is 5.05. The Balaban J connectivity index is 2.37. The highest BCUT2D eigenvalue weighted by atomic mass is 79.9. The first kappa shape index (κ1) is 12.4. The van der Waals surface area contributed by atoms with Gasteiger partial charge >= 0.3 is 11.6 Å². The van der Waals surface area contributed by atoms with E-state index in [1.165, 1.54) is 12.1 Å². The van der Waals surface area contributed by atoms with Crippen molar-refractivity contribution >= 4 is 21.6 Å². The molecule has 0 fully saturated rings. The van der Waals surface area contributed by atoms with Crippen LogP contribution in [-0.4, -0.2) is 14.9 Å². The van der Waals surface area contributed by atoms with Crippen molar-refractivity contribution in [1.82, 2.24) is 9.97 Å². The first-order valence-electron chi connectivity index (χ1n) is 4.65. The molecule has 92 valence electrons. The summed E-state index contributed by atoms with van der Waals surface area (Å²) in [5.74, 6) is -1.12. The molecular formula is C10H5BrFN3O3. The van der Waals surface area contributed by atoms with E-state index in [0.717, 1.165) is 12.5 Å². The van der Waals surface area contributed by atoms with Gasteiger partial charge in [-0.1, -0.05) is 15.9 Å². The quantitative estimate of drug-likeness (QED) is 0.642. The maximum atomic E-state index is 13.5. The molecule has 0 spiro atoms. The number of hydrogen-bond donors (Lipinski definition) is 0. The lowest BCUT2D eigenvalue weighted by molar-refractivity contribution is -0.386. The fourth-order valence-electron chi connectivity index (χ4n) is 1.18. The molecule has 0 saturated carbocycles. The van der Waals surface area contributed by atoms with Crippen LogP contribution < -0.4 is 4.74 Å². The Labute approximate surface area is 109 Å². The fraction of sp³-hybridized carbons (Fsp3) is 0. The number of nitrogens with zero attached hydrogens (tertiary/aromatic N) is 3. The van der Waals surface area contributed by atoms with Crippen LogP contribution in [-0.2, 0) is 0 Å². The first-order chi connectivity index (χ1) is 8.58. The van der Waals surface area contributed by atoms with Crippen molar-refractivity contribution in [3.8, 4) is 11.6 Å². The van der Waals surface area contributed by atoms with E-state index in [2.05, 4.69) is 25.9 Å². The molecule has 0 aliphatic heterocycles. The molecule has 1 aromatic carbocycles. The average molecular weight is 314 g/mol. The van der Waals surface area contributed by atoms with E-state index in [0.29, 0.717) is 4.47 Å². The molecule has 0 amide bonds. The van der Waals surface area contributed by atoms with E-state index in [9.17, 15) is 14.5 Å². The average Bonchev–Trinajstić information content (AvgIpc) is 2.33. The summed E-state index contributed by atoms with van der Waals surface area (Å²) < 4.78 is 19.1. The van der Waals surface area contributed by atoms with E-state index < -0.39 is 16.4 Å². The van der Waals surface area contributed by atoms with E-state index in [4.69, 9.17) is 4.74 Å². The van der Waals surface area contributed by atoms with Crippen LogP contribution in [0, 0.1) is 15.9 Å². The molecule has 1 heterocycles. The van der Waals surface area contributed by atoms with Gasteiger partial charge in [0.15, 0.2) is 11.6 Å². The number of ether oxygens (including phenoxy) is 1. The fourth-order valence-corrected chi connectivity index (χ4v) is 1.51. The Morgan fingerprint density at radius 2 is 2.22 bits per heavy atom. The van der Waals surface area contributed by atoms with E-state index in [-0.39, 0.29) is 11.6 Å². The third-order valence-electron chi connectivity index (χ3n) is 1.95. The third-order valence-corrected chi connectivity index (χ3v) is 2.45. The lowest BCUT2D eigenvalue weighted by Crippen LogP contribution is -1.97. The third kappa shape index (κ3) is 2.59. The summed E-state index contributed by atoms with van der Waals surface area (Å²) in [6.07, 6.45) is 2.07. The van der Waals surface area contributed by atoms with Crippen LogP contribution in [0.1, 0.15) is 0 Å². The van der Waals surface area contributed by atoms with Gasteiger partial charge in [-0.05, 0) is 18.2 Å². The summed E-state index contributed by atoms with van der Waals surface area (Å²) in [6.45, 7) is 0. The van der Waals surface area contributed by atoms with Crippen molar-refractivity contribution in [3.63, 3.8) is 0 Å². The molecular weight excluding hydrogens is 309 g/mol. The lowest BCUT2D eigenvalue weighted by Gasteiger charge is -2.05. The monoisotopic (exact) mass is 313 g/mol. The predicted molar refractivity (Wildman–Crippen MR) is 62.9 cm³/mol. The van der Waals surface area contributed by atoms with Crippen LogP contribution in [0.2, 0.25) is 0 Å². The molecule has 0 atom stereocenters. The van der Waals surface area contributed by atoms with Gasteiger partial charge in [0.05, 0.1) is 4.92 Å². The summed E-state index contributed by atoms with van der Waals surface area (Å²) in [7, 11) is 0. The van der Waals surface area contributed by atoms with E-state index in [1.807, 2.05) is 0 Å². The van der Waals surface area contributed by atoms with Crippen LogP contribution in [0.4, 0.5) is 10.1 Å². The topological polar surface area (TPSA) is 78.2 Å². The molecule has 0 N–H and O–H groups in total. The number of nitro groups is 1. The Bertz CT molecular complexity index is 609. The summed E-state index contributed by atoms with van der Waals surface area (Å²) in [4.78, 5) is 17.1. The predicted octanol–water partition coefficient (Wildman–Crippen LogP) is 3.08. The molecule has 2 rings (SSSR count). The molecule has 0 aliphatic carbocycles. The van der Waals surface area contributed by atoms with Crippen molar-refractivity contribution in [3.05, 3.63) is 51.1 Å². The Morgan fingerprint density at radius 1 is 1.44 bits per heavy atom. The minimum Gasteiger partial charge on any atom is -0.430 e. The Morgan fingerprint density at radius 3 is 2.89 bits per heavy atom. The van der Waals surface area contributed by atoms with Crippen LogP contribution >= 0.6 is 15.9 Å². The second-order valence-corrected chi connectivity index (χ2v) is 4.06. The standard InChI is InChI=1S/C10H5BrFN3O3/c11-6-1-2-9(7(12)3-6)18-10-8(15(16)17)4-13-5-14-10/h1-5H. The highest BCUT2D eigenvalue weighted by Crippen LogP contribution is 2.30. The van der Waals surface area contributed by atoms with Gasteiger partial charge in [0.2, 0.25) is 0 Å². The van der Waals surface area contributed by atoms with Crippen LogP contribution in [0.3, 0.4) is 0 Å². The van der Waals surface area contributed by atoms with Gasteiger partial charge in [-0.3, -0.25) is 10.1 Å². The number of rotatable bonds is 3. The Hall–Kier alpha value is -2.09. The highest BCUT2D eigenvalue weighted by molar-refractivity contribution is 9.10. The minimum absolute atomic E-state index is 0.153. The molecule has 0 radical (unpaired) electrons. The van der Waals surface area contributed by atoms with Crippen LogP contribution in [0.5, 0.6) is 11.6 Å². The summed E-state index contributed by atoms with van der Waals surface area (Å²) in [5, 5.41) is 10.7. The zero-order chi connectivity index (χ0) is 13.1. The van der Waals surface area contributed by atoms with Gasteiger partial charge in [-0.2, -0.15) is 4.98 Å². The Kier molecular flexibility index (Phi) is 3.47. The zero-order valence-corrected chi connectivity index (χ0v) is 10.3. The van der Waals surface area contributed by atoms with Gasteiger partial charge in [0.25, 0.3) is 0 Å². The SMILES string of the molecule is O=[N+]([O-])c1cncnc1Oc1ccc(Br)cc1F. The van der Waals surface area contributed by atoms with Crippen molar-refractivity contribution < 1.29 is 14.1 Å². The highest BCUT2D eigenvalue weighted by Gasteiger charge is 2.18. The van der Waals surface area contributed by atoms with Gasteiger partial charge in [0.1, 0.15) is 12.5 Å². The van der Waals surface area contributed by atoms with Crippen molar-refractivity contribution in [2.24, 2.45) is 0 Å². The molecule has 1 aromatic heterocycles. The normalized spacial score (nSPS) is 10.1. The molecule has 2 aromatic rings. The maximum Gasteiger partial charge on any atom is 0.349 e. The number of aromatic nitrogens is 2. The van der Waals surface area contributed by atoms with Crippen LogP contribution in [0.25, 0.3) is 0 Å². The maximum absolute atomic E-state index is 13.5. The lowest BCUT2D eigenvalue weighted by atomic mass is 10.3. The molecule has 18 heavy (non-hydrogen) atoms. The van der Waals surface area contributed by atoms with E-state index in [1.54, 1.807) is 6.07 Å². The number of hydrogen-bond acceptors (Lipinski definition) is 5. The largest absolute Gasteiger partial charge is 0.430 e. The molecule has 0 saturated heterocycles. The van der Waals surface area contributed by atoms with Gasteiger partial charge in [0, 0.05) is 4.47 Å². The molecule has 0 bridgehead atoms. The summed E-state index contributed by atoms with van der Waals surface area (Å²) >= 11 is 3.09.